The first-order valence-corrected chi connectivity index (χ1v) is 7.65. The van der Waals surface area contributed by atoms with Crippen LogP contribution in [0.4, 0.5) is 0 Å². The zero-order valence-electron chi connectivity index (χ0n) is 12.6. The number of hydrogen-bond donors (Lipinski definition) is 0. The Kier molecular flexibility index (Phi) is 3.57. The fraction of sp³-hybridized carbons (Fsp3) is 0.0476. The molecule has 2 heteroatoms. The Balaban J connectivity index is 1.78. The van der Waals surface area contributed by atoms with E-state index in [9.17, 15) is 0 Å². The van der Waals surface area contributed by atoms with Gasteiger partial charge in [0.15, 0.2) is 0 Å². The summed E-state index contributed by atoms with van der Waals surface area (Å²) in [6.45, 7) is 0. The smallest absolute Gasteiger partial charge is 0.134 e. The third-order valence-electron chi connectivity index (χ3n) is 3.93. The number of furan rings is 2. The van der Waals surface area contributed by atoms with Crippen LogP contribution < -0.4 is 0 Å². The summed E-state index contributed by atoms with van der Waals surface area (Å²) in [6.07, 6.45) is 1.70. The maximum absolute atomic E-state index is 6.15. The molecule has 0 aliphatic rings. The molecular weight excluding hydrogens is 284 g/mol. The highest BCUT2D eigenvalue weighted by Gasteiger charge is 2.22. The molecule has 0 saturated carbocycles. The third-order valence-corrected chi connectivity index (χ3v) is 3.93. The molecule has 2 heterocycles. The van der Waals surface area contributed by atoms with Crippen LogP contribution in [0, 0.1) is 0 Å². The summed E-state index contributed by atoms with van der Waals surface area (Å²) in [5.74, 6) is 2.59. The molecular formula is C21H16O2. The van der Waals surface area contributed by atoms with Crippen molar-refractivity contribution in [3.8, 4) is 11.3 Å². The van der Waals surface area contributed by atoms with Crippen molar-refractivity contribution in [2.75, 3.05) is 0 Å². The summed E-state index contributed by atoms with van der Waals surface area (Å²) >= 11 is 0. The lowest BCUT2D eigenvalue weighted by atomic mass is 9.94. The highest BCUT2D eigenvalue weighted by molar-refractivity contribution is 5.57. The fourth-order valence-electron chi connectivity index (χ4n) is 2.84. The van der Waals surface area contributed by atoms with Crippen LogP contribution in [-0.4, -0.2) is 0 Å². The second-order valence-corrected chi connectivity index (χ2v) is 5.43. The van der Waals surface area contributed by atoms with Crippen LogP contribution in [-0.2, 0) is 0 Å². The van der Waals surface area contributed by atoms with E-state index >= 15 is 0 Å². The molecule has 0 radical (unpaired) electrons. The van der Waals surface area contributed by atoms with E-state index in [-0.39, 0.29) is 5.92 Å². The minimum absolute atomic E-state index is 0.0383. The van der Waals surface area contributed by atoms with Crippen molar-refractivity contribution < 1.29 is 8.83 Å². The van der Waals surface area contributed by atoms with Crippen molar-refractivity contribution in [3.05, 3.63) is 108 Å². The van der Waals surface area contributed by atoms with Crippen LogP contribution in [0.2, 0.25) is 0 Å². The van der Waals surface area contributed by atoms with Gasteiger partial charge in [0.1, 0.15) is 23.2 Å². The SMILES string of the molecule is c1ccc(-c2ccc(C(c3ccccc3)c3ccco3)o2)cc1. The van der Waals surface area contributed by atoms with Crippen LogP contribution in [0.1, 0.15) is 23.0 Å². The number of benzene rings is 2. The number of hydrogen-bond acceptors (Lipinski definition) is 2. The lowest BCUT2D eigenvalue weighted by Crippen LogP contribution is -2.00. The maximum Gasteiger partial charge on any atom is 0.134 e. The monoisotopic (exact) mass is 300 g/mol. The van der Waals surface area contributed by atoms with Crippen molar-refractivity contribution in [3.63, 3.8) is 0 Å². The Labute approximate surface area is 135 Å². The Morgan fingerprint density at radius 1 is 0.609 bits per heavy atom. The first-order valence-electron chi connectivity index (χ1n) is 7.65. The van der Waals surface area contributed by atoms with Crippen molar-refractivity contribution in [2.45, 2.75) is 5.92 Å². The van der Waals surface area contributed by atoms with E-state index in [4.69, 9.17) is 8.83 Å². The maximum atomic E-state index is 6.15. The molecule has 4 aromatic rings. The summed E-state index contributed by atoms with van der Waals surface area (Å²) in [5.41, 5.74) is 2.22. The van der Waals surface area contributed by atoms with E-state index < -0.39 is 0 Å². The molecule has 0 aliphatic carbocycles. The van der Waals surface area contributed by atoms with E-state index in [0.29, 0.717) is 0 Å². The standard InChI is InChI=1S/C21H16O2/c1-3-8-16(9-4-1)18-13-14-20(23-18)21(19-12-7-15-22-19)17-10-5-2-6-11-17/h1-15,21H. The summed E-state index contributed by atoms with van der Waals surface area (Å²) in [7, 11) is 0. The molecule has 4 rings (SSSR count). The molecule has 0 saturated heterocycles. The van der Waals surface area contributed by atoms with Gasteiger partial charge >= 0.3 is 0 Å². The van der Waals surface area contributed by atoms with Gasteiger partial charge in [0.05, 0.1) is 6.26 Å². The molecule has 0 aliphatic heterocycles. The van der Waals surface area contributed by atoms with E-state index in [1.807, 2.05) is 72.8 Å². The minimum Gasteiger partial charge on any atom is -0.468 e. The van der Waals surface area contributed by atoms with Crippen LogP contribution in [0.25, 0.3) is 11.3 Å². The molecule has 1 atom stereocenters. The molecule has 0 fully saturated rings. The average Bonchev–Trinajstić information content (AvgIpc) is 3.30. The van der Waals surface area contributed by atoms with Crippen molar-refractivity contribution >= 4 is 0 Å². The van der Waals surface area contributed by atoms with Gasteiger partial charge in [-0.15, -0.1) is 0 Å². The van der Waals surface area contributed by atoms with Gasteiger partial charge in [0.25, 0.3) is 0 Å². The second kappa shape index (κ2) is 6.01. The van der Waals surface area contributed by atoms with Gasteiger partial charge < -0.3 is 8.83 Å². The van der Waals surface area contributed by atoms with Gasteiger partial charge in [-0.25, -0.2) is 0 Å². The normalized spacial score (nSPS) is 12.2. The van der Waals surface area contributed by atoms with Crippen LogP contribution in [0.15, 0.2) is 100 Å². The van der Waals surface area contributed by atoms with E-state index in [1.54, 1.807) is 6.26 Å². The topological polar surface area (TPSA) is 26.3 Å². The molecule has 2 nitrogen and oxygen atoms in total. The molecule has 0 N–H and O–H groups in total. The van der Waals surface area contributed by atoms with E-state index in [2.05, 4.69) is 12.1 Å². The Morgan fingerprint density at radius 3 is 2.04 bits per heavy atom. The van der Waals surface area contributed by atoms with Crippen molar-refractivity contribution in [1.29, 1.82) is 0 Å². The van der Waals surface area contributed by atoms with Gasteiger partial charge in [0.2, 0.25) is 0 Å². The lowest BCUT2D eigenvalue weighted by molar-refractivity contribution is 0.455. The van der Waals surface area contributed by atoms with Crippen LogP contribution in [0.3, 0.4) is 0 Å². The largest absolute Gasteiger partial charge is 0.468 e. The molecule has 1 unspecified atom stereocenters. The highest BCUT2D eigenvalue weighted by Crippen LogP contribution is 2.35. The Bertz CT molecular complexity index is 859. The molecule has 112 valence electrons. The van der Waals surface area contributed by atoms with Crippen LogP contribution in [0.5, 0.6) is 0 Å². The first kappa shape index (κ1) is 13.6. The van der Waals surface area contributed by atoms with Gasteiger partial charge in [-0.3, -0.25) is 0 Å². The van der Waals surface area contributed by atoms with Crippen LogP contribution >= 0.6 is 0 Å². The van der Waals surface area contributed by atoms with Gasteiger partial charge in [-0.05, 0) is 29.8 Å². The second-order valence-electron chi connectivity index (χ2n) is 5.43. The van der Waals surface area contributed by atoms with E-state index in [0.717, 1.165) is 28.4 Å². The molecule has 23 heavy (non-hydrogen) atoms. The zero-order valence-corrected chi connectivity index (χ0v) is 12.6. The summed E-state index contributed by atoms with van der Waals surface area (Å²) < 4.78 is 11.8. The molecule has 0 bridgehead atoms. The van der Waals surface area contributed by atoms with Gasteiger partial charge in [0, 0.05) is 5.56 Å². The summed E-state index contributed by atoms with van der Waals surface area (Å²) in [4.78, 5) is 0. The lowest BCUT2D eigenvalue weighted by Gasteiger charge is -2.12. The predicted molar refractivity (Wildman–Crippen MR) is 90.2 cm³/mol. The average molecular weight is 300 g/mol. The Morgan fingerprint density at radius 2 is 1.35 bits per heavy atom. The predicted octanol–water partition coefficient (Wildman–Crippen LogP) is 5.72. The summed E-state index contributed by atoms with van der Waals surface area (Å²) in [5, 5.41) is 0. The minimum atomic E-state index is -0.0383. The van der Waals surface area contributed by atoms with Gasteiger partial charge in [-0.2, -0.15) is 0 Å². The molecule has 0 amide bonds. The molecule has 0 spiro atoms. The zero-order chi connectivity index (χ0) is 15.5. The third kappa shape index (κ3) is 2.71. The number of rotatable bonds is 4. The highest BCUT2D eigenvalue weighted by atomic mass is 16.4. The quantitative estimate of drug-likeness (QED) is 0.482. The first-order chi connectivity index (χ1) is 11.4. The summed E-state index contributed by atoms with van der Waals surface area (Å²) in [6, 6.07) is 28.3. The van der Waals surface area contributed by atoms with Crippen molar-refractivity contribution in [2.24, 2.45) is 0 Å². The van der Waals surface area contributed by atoms with Gasteiger partial charge in [-0.1, -0.05) is 60.7 Å². The van der Waals surface area contributed by atoms with Crippen molar-refractivity contribution in [1.82, 2.24) is 0 Å². The fourth-order valence-corrected chi connectivity index (χ4v) is 2.84. The molecule has 2 aromatic carbocycles. The Hall–Kier alpha value is -3.00. The molecule has 2 aromatic heterocycles. The van der Waals surface area contributed by atoms with E-state index in [1.165, 1.54) is 0 Å².